The third-order valence-electron chi connectivity index (χ3n) is 2.10. The van der Waals surface area contributed by atoms with E-state index in [9.17, 15) is 4.79 Å². The second-order valence-electron chi connectivity index (χ2n) is 3.75. The molecule has 6 heteroatoms. The van der Waals surface area contributed by atoms with E-state index >= 15 is 0 Å². The lowest BCUT2D eigenvalue weighted by molar-refractivity contribution is -0.127. The van der Waals surface area contributed by atoms with E-state index in [1.807, 2.05) is 4.90 Å². The number of nitrogens with two attached hydrogens (primary N) is 1. The van der Waals surface area contributed by atoms with Gasteiger partial charge in [-0.3, -0.25) is 4.79 Å². The molecule has 0 radical (unpaired) electrons. The van der Waals surface area contributed by atoms with E-state index in [1.165, 1.54) is 11.3 Å². The predicted octanol–water partition coefficient (Wildman–Crippen LogP) is 1.03. The van der Waals surface area contributed by atoms with Crippen molar-refractivity contribution in [2.45, 2.75) is 13.3 Å². The molecule has 0 aliphatic heterocycles. The second-order valence-corrected chi connectivity index (χ2v) is 4.80. The Morgan fingerprint density at radius 3 is 2.69 bits per heavy atom. The van der Waals surface area contributed by atoms with Gasteiger partial charge in [0.05, 0.1) is 12.7 Å². The Morgan fingerprint density at radius 1 is 1.56 bits per heavy atom. The number of hydrogen-bond acceptors (Lipinski definition) is 5. The summed E-state index contributed by atoms with van der Waals surface area (Å²) in [4.78, 5) is 19.4. The van der Waals surface area contributed by atoms with Gasteiger partial charge in [0, 0.05) is 20.6 Å². The standard InChI is InChI=1S/C10H18N4OS/c1-4-5-14(7-9(15)13(2)3)10-12-6-8(11)16-10/h6H,4-5,7,11H2,1-3H3. The van der Waals surface area contributed by atoms with Gasteiger partial charge in [0.25, 0.3) is 0 Å². The van der Waals surface area contributed by atoms with Crippen LogP contribution in [-0.2, 0) is 4.79 Å². The lowest BCUT2D eigenvalue weighted by atomic mass is 10.4. The first-order valence-electron chi connectivity index (χ1n) is 5.21. The summed E-state index contributed by atoms with van der Waals surface area (Å²) in [6.07, 6.45) is 2.60. The van der Waals surface area contributed by atoms with E-state index in [0.717, 1.165) is 18.1 Å². The molecule has 2 N–H and O–H groups in total. The first-order valence-corrected chi connectivity index (χ1v) is 6.02. The van der Waals surface area contributed by atoms with Crippen LogP contribution in [0.4, 0.5) is 10.1 Å². The minimum Gasteiger partial charge on any atom is -0.389 e. The van der Waals surface area contributed by atoms with Gasteiger partial charge in [-0.15, -0.1) is 0 Å². The number of carbonyl (C=O) groups is 1. The number of amides is 1. The summed E-state index contributed by atoms with van der Waals surface area (Å²) in [7, 11) is 3.51. The average Bonchev–Trinajstić information content (AvgIpc) is 2.64. The predicted molar refractivity (Wildman–Crippen MR) is 67.7 cm³/mol. The fraction of sp³-hybridized carbons (Fsp3) is 0.600. The van der Waals surface area contributed by atoms with Gasteiger partial charge in [-0.1, -0.05) is 18.3 Å². The normalized spacial score (nSPS) is 10.2. The summed E-state index contributed by atoms with van der Waals surface area (Å²) in [6, 6.07) is 0. The Balaban J connectivity index is 2.71. The van der Waals surface area contributed by atoms with Crippen LogP contribution in [0.25, 0.3) is 0 Å². The average molecular weight is 242 g/mol. The SMILES string of the molecule is CCCN(CC(=O)N(C)C)c1ncc(N)s1. The molecule has 1 heterocycles. The second kappa shape index (κ2) is 5.69. The molecule has 0 aliphatic rings. The van der Waals surface area contributed by atoms with Crippen LogP contribution in [0.1, 0.15) is 13.3 Å². The number of rotatable bonds is 5. The van der Waals surface area contributed by atoms with Gasteiger partial charge >= 0.3 is 0 Å². The molecule has 0 saturated carbocycles. The van der Waals surface area contributed by atoms with Crippen molar-refractivity contribution >= 4 is 27.4 Å². The molecule has 0 bridgehead atoms. The molecule has 90 valence electrons. The number of aromatic nitrogens is 1. The third kappa shape index (κ3) is 3.37. The molecule has 0 atom stereocenters. The molecular weight excluding hydrogens is 224 g/mol. The third-order valence-corrected chi connectivity index (χ3v) is 2.99. The van der Waals surface area contributed by atoms with Crippen molar-refractivity contribution in [1.29, 1.82) is 0 Å². The van der Waals surface area contributed by atoms with Crippen molar-refractivity contribution in [3.05, 3.63) is 6.20 Å². The van der Waals surface area contributed by atoms with E-state index in [-0.39, 0.29) is 5.91 Å². The van der Waals surface area contributed by atoms with Crippen LogP contribution in [0.3, 0.4) is 0 Å². The lowest BCUT2D eigenvalue weighted by Crippen LogP contribution is -2.37. The molecule has 0 fully saturated rings. The van der Waals surface area contributed by atoms with E-state index in [0.29, 0.717) is 11.5 Å². The van der Waals surface area contributed by atoms with Crippen LogP contribution in [0, 0.1) is 0 Å². The highest BCUT2D eigenvalue weighted by atomic mass is 32.1. The molecule has 0 spiro atoms. The summed E-state index contributed by atoms with van der Waals surface area (Å²) < 4.78 is 0. The molecule has 16 heavy (non-hydrogen) atoms. The largest absolute Gasteiger partial charge is 0.389 e. The molecule has 1 aromatic heterocycles. The number of nitrogens with zero attached hydrogens (tertiary/aromatic N) is 3. The Labute approximate surface area is 99.9 Å². The first kappa shape index (κ1) is 12.8. The quantitative estimate of drug-likeness (QED) is 0.837. The van der Waals surface area contributed by atoms with Crippen LogP contribution in [0.2, 0.25) is 0 Å². The van der Waals surface area contributed by atoms with Gasteiger partial charge in [-0.05, 0) is 6.42 Å². The maximum atomic E-state index is 11.6. The summed E-state index contributed by atoms with van der Waals surface area (Å²) in [5.74, 6) is 0.0715. The maximum Gasteiger partial charge on any atom is 0.241 e. The van der Waals surface area contributed by atoms with Crippen LogP contribution >= 0.6 is 11.3 Å². The summed E-state index contributed by atoms with van der Waals surface area (Å²) in [6.45, 7) is 3.24. The summed E-state index contributed by atoms with van der Waals surface area (Å²) in [5.41, 5.74) is 5.64. The van der Waals surface area contributed by atoms with E-state index in [2.05, 4.69) is 11.9 Å². The van der Waals surface area contributed by atoms with Gasteiger partial charge in [0.15, 0.2) is 5.13 Å². The first-order chi connectivity index (χ1) is 7.54. The van der Waals surface area contributed by atoms with E-state index in [4.69, 9.17) is 5.73 Å². The molecule has 0 unspecified atom stereocenters. The molecule has 0 aromatic carbocycles. The Kier molecular flexibility index (Phi) is 4.54. The zero-order chi connectivity index (χ0) is 12.1. The van der Waals surface area contributed by atoms with Crippen molar-refractivity contribution in [3.8, 4) is 0 Å². The number of hydrogen-bond donors (Lipinski definition) is 1. The minimum absolute atomic E-state index is 0.0715. The van der Waals surface area contributed by atoms with Gasteiger partial charge in [-0.25, -0.2) is 4.98 Å². The van der Waals surface area contributed by atoms with Crippen LogP contribution in [0.5, 0.6) is 0 Å². The molecular formula is C10H18N4OS. The number of anilines is 2. The fourth-order valence-electron chi connectivity index (χ4n) is 1.24. The van der Waals surface area contributed by atoms with Crippen LogP contribution < -0.4 is 10.6 Å². The molecule has 0 aliphatic carbocycles. The Bertz CT molecular complexity index is 350. The van der Waals surface area contributed by atoms with Gasteiger partial charge in [0.1, 0.15) is 5.00 Å². The molecule has 1 rings (SSSR count). The monoisotopic (exact) mass is 242 g/mol. The smallest absolute Gasteiger partial charge is 0.241 e. The summed E-state index contributed by atoms with van der Waals surface area (Å²) in [5, 5.41) is 1.49. The highest BCUT2D eigenvalue weighted by Crippen LogP contribution is 2.24. The van der Waals surface area contributed by atoms with E-state index in [1.54, 1.807) is 25.2 Å². The van der Waals surface area contributed by atoms with Crippen molar-refractivity contribution in [1.82, 2.24) is 9.88 Å². The van der Waals surface area contributed by atoms with Gasteiger partial charge < -0.3 is 15.5 Å². The fourth-order valence-corrected chi connectivity index (χ4v) is 1.95. The lowest BCUT2D eigenvalue weighted by Gasteiger charge is -2.22. The number of thiazole rings is 1. The zero-order valence-electron chi connectivity index (χ0n) is 9.93. The maximum absolute atomic E-state index is 11.6. The van der Waals surface area contributed by atoms with Gasteiger partial charge in [0.2, 0.25) is 5.91 Å². The molecule has 5 nitrogen and oxygen atoms in total. The highest BCUT2D eigenvalue weighted by molar-refractivity contribution is 7.19. The van der Waals surface area contributed by atoms with Crippen molar-refractivity contribution in [3.63, 3.8) is 0 Å². The van der Waals surface area contributed by atoms with Crippen molar-refractivity contribution in [2.75, 3.05) is 37.8 Å². The van der Waals surface area contributed by atoms with Crippen LogP contribution in [-0.4, -0.2) is 43.0 Å². The van der Waals surface area contributed by atoms with E-state index < -0.39 is 0 Å². The summed E-state index contributed by atoms with van der Waals surface area (Å²) >= 11 is 1.41. The highest BCUT2D eigenvalue weighted by Gasteiger charge is 2.14. The Hall–Kier alpha value is -1.30. The minimum atomic E-state index is 0.0715. The number of carbonyl (C=O) groups excluding carboxylic acids is 1. The van der Waals surface area contributed by atoms with Crippen LogP contribution in [0.15, 0.2) is 6.20 Å². The molecule has 1 amide bonds. The topological polar surface area (TPSA) is 62.5 Å². The molecule has 0 saturated heterocycles. The van der Waals surface area contributed by atoms with Gasteiger partial charge in [-0.2, -0.15) is 0 Å². The number of likely N-dealkylation sites (N-methyl/N-ethyl adjacent to an activating group) is 1. The molecule has 1 aromatic rings. The zero-order valence-corrected chi connectivity index (χ0v) is 10.8. The van der Waals surface area contributed by atoms with Crippen molar-refractivity contribution < 1.29 is 4.79 Å². The number of nitrogen functional groups attached to an aromatic ring is 1. The van der Waals surface area contributed by atoms with Crippen molar-refractivity contribution in [2.24, 2.45) is 0 Å². The Morgan fingerprint density at radius 2 is 2.25 bits per heavy atom.